The minimum atomic E-state index is -1.29. The standard InChI is InChI=1S/C25H38FN3O5Si/c1-27-23-19(6-5-7-21(23)29(24(27)30)16-33-10-11-35(2,3)4)18-12-17(13-18)15-34-22-8-9-28(25(31)32)14-20(22)26/h5-7,17-18,20,22H,8-16H2,1-4H3,(H,31,32)/t17?,18?,20-,22+/m0/s1. The Morgan fingerprint density at radius 2 is 2.00 bits per heavy atom. The Kier molecular flexibility index (Phi) is 7.73. The third-order valence-electron chi connectivity index (χ3n) is 7.38. The van der Waals surface area contributed by atoms with Crippen molar-refractivity contribution in [2.75, 3.05) is 26.3 Å². The molecule has 1 aliphatic carbocycles. The van der Waals surface area contributed by atoms with Crippen LogP contribution in [0.3, 0.4) is 0 Å². The normalized spacial score (nSPS) is 25.1. The lowest BCUT2D eigenvalue weighted by Crippen LogP contribution is -2.48. The van der Waals surface area contributed by atoms with Crippen LogP contribution in [0.2, 0.25) is 25.7 Å². The smallest absolute Gasteiger partial charge is 0.407 e. The minimum absolute atomic E-state index is 0.0682. The summed E-state index contributed by atoms with van der Waals surface area (Å²) in [6.45, 7) is 8.51. The molecule has 10 heteroatoms. The summed E-state index contributed by atoms with van der Waals surface area (Å²) in [5.74, 6) is 0.667. The number of aromatic nitrogens is 2. The molecule has 2 aromatic rings. The van der Waals surface area contributed by atoms with Gasteiger partial charge in [0.2, 0.25) is 0 Å². The number of alkyl halides is 1. The summed E-state index contributed by atoms with van der Waals surface area (Å²) in [4.78, 5) is 25.1. The molecule has 1 aliphatic heterocycles. The largest absolute Gasteiger partial charge is 0.465 e. The molecule has 2 atom stereocenters. The van der Waals surface area contributed by atoms with E-state index in [-0.39, 0.29) is 19.0 Å². The lowest BCUT2D eigenvalue weighted by molar-refractivity contribution is -0.0632. The van der Waals surface area contributed by atoms with Gasteiger partial charge in [0.1, 0.15) is 12.9 Å². The van der Waals surface area contributed by atoms with E-state index in [1.54, 1.807) is 9.13 Å². The second kappa shape index (κ2) is 10.4. The second-order valence-corrected chi connectivity index (χ2v) is 16.9. The number of halogens is 1. The highest BCUT2D eigenvalue weighted by molar-refractivity contribution is 6.76. The Morgan fingerprint density at radius 3 is 2.66 bits per heavy atom. The zero-order chi connectivity index (χ0) is 25.3. The number of carbonyl (C=O) groups is 1. The predicted molar refractivity (Wildman–Crippen MR) is 136 cm³/mol. The van der Waals surface area contributed by atoms with Gasteiger partial charge in [0.25, 0.3) is 0 Å². The van der Waals surface area contributed by atoms with Crippen molar-refractivity contribution in [2.45, 2.75) is 69.9 Å². The van der Waals surface area contributed by atoms with Crippen LogP contribution >= 0.6 is 0 Å². The molecule has 1 saturated carbocycles. The molecule has 0 spiro atoms. The van der Waals surface area contributed by atoms with Crippen molar-refractivity contribution in [1.82, 2.24) is 14.0 Å². The van der Waals surface area contributed by atoms with Crippen molar-refractivity contribution in [3.05, 3.63) is 34.2 Å². The number of likely N-dealkylation sites (tertiary alicyclic amines) is 1. The highest BCUT2D eigenvalue weighted by atomic mass is 28.3. The van der Waals surface area contributed by atoms with Crippen molar-refractivity contribution in [3.63, 3.8) is 0 Å². The molecular formula is C25H38FN3O5Si. The van der Waals surface area contributed by atoms with Crippen molar-refractivity contribution in [2.24, 2.45) is 13.0 Å². The molecule has 0 bridgehead atoms. The number of aryl methyl sites for hydroxylation is 1. The van der Waals surface area contributed by atoms with Crippen LogP contribution < -0.4 is 5.69 Å². The number of hydrogen-bond donors (Lipinski definition) is 1. The Bertz CT molecular complexity index is 1100. The van der Waals surface area contributed by atoms with Gasteiger partial charge >= 0.3 is 11.8 Å². The zero-order valence-corrected chi connectivity index (χ0v) is 22.2. The fraction of sp³-hybridized carbons (Fsp3) is 0.680. The van der Waals surface area contributed by atoms with Gasteiger partial charge in [0.15, 0.2) is 0 Å². The second-order valence-electron chi connectivity index (χ2n) is 11.3. The first-order valence-electron chi connectivity index (χ1n) is 12.5. The van der Waals surface area contributed by atoms with Gasteiger partial charge in [-0.1, -0.05) is 31.8 Å². The molecule has 1 amide bonds. The number of imidazole rings is 1. The molecule has 2 fully saturated rings. The maximum absolute atomic E-state index is 14.3. The predicted octanol–water partition coefficient (Wildman–Crippen LogP) is 4.25. The van der Waals surface area contributed by atoms with Crippen molar-refractivity contribution in [3.8, 4) is 0 Å². The number of carboxylic acid groups (broad SMARTS) is 1. The number of amides is 1. The lowest BCUT2D eigenvalue weighted by atomic mass is 9.71. The number of para-hydroxylation sites is 1. The SMILES string of the molecule is Cn1c(=O)n(COCC[Si](C)(C)C)c2cccc(C3CC(CO[C@@H]4CCN(C(=O)O)C[C@@H]4F)C3)c21. The number of nitrogens with zero attached hydrogens (tertiary/aromatic N) is 3. The highest BCUT2D eigenvalue weighted by Crippen LogP contribution is 2.44. The number of rotatable bonds is 9. The first-order valence-corrected chi connectivity index (χ1v) is 16.3. The van der Waals surface area contributed by atoms with Gasteiger partial charge in [-0.2, -0.15) is 0 Å². The molecular weight excluding hydrogens is 469 g/mol. The van der Waals surface area contributed by atoms with Crippen LogP contribution in [0.1, 0.15) is 30.7 Å². The molecule has 8 nitrogen and oxygen atoms in total. The van der Waals surface area contributed by atoms with E-state index in [0.717, 1.165) is 40.4 Å². The molecule has 2 aliphatic rings. The number of hydrogen-bond acceptors (Lipinski definition) is 4. The summed E-state index contributed by atoms with van der Waals surface area (Å²) in [5, 5.41) is 9.03. The van der Waals surface area contributed by atoms with E-state index in [0.29, 0.717) is 38.0 Å². The Balaban J connectivity index is 1.35. The molecule has 35 heavy (non-hydrogen) atoms. The molecule has 194 valence electrons. The monoisotopic (exact) mass is 507 g/mol. The van der Waals surface area contributed by atoms with Gasteiger partial charge in [0.05, 0.1) is 23.7 Å². The first kappa shape index (κ1) is 25.9. The topological polar surface area (TPSA) is 85.9 Å². The number of fused-ring (bicyclic) bond motifs is 1. The first-order chi connectivity index (χ1) is 16.5. The van der Waals surface area contributed by atoms with E-state index in [1.807, 2.05) is 19.2 Å². The van der Waals surface area contributed by atoms with E-state index in [2.05, 4.69) is 25.7 Å². The van der Waals surface area contributed by atoms with Crippen molar-refractivity contribution in [1.29, 1.82) is 0 Å². The van der Waals surface area contributed by atoms with E-state index in [9.17, 15) is 14.0 Å². The summed E-state index contributed by atoms with van der Waals surface area (Å²) < 4.78 is 29.5. The van der Waals surface area contributed by atoms with Gasteiger partial charge in [-0.15, -0.1) is 0 Å². The molecule has 1 saturated heterocycles. The van der Waals surface area contributed by atoms with E-state index < -0.39 is 26.4 Å². The summed E-state index contributed by atoms with van der Waals surface area (Å²) in [5.41, 5.74) is 2.95. The molecule has 1 N–H and O–H groups in total. The van der Waals surface area contributed by atoms with Crippen molar-refractivity contribution >= 4 is 25.2 Å². The summed E-state index contributed by atoms with van der Waals surface area (Å²) >= 11 is 0. The van der Waals surface area contributed by atoms with Gasteiger partial charge in [0, 0.05) is 34.9 Å². The summed E-state index contributed by atoms with van der Waals surface area (Å²) in [7, 11) is 0.627. The van der Waals surface area contributed by atoms with E-state index >= 15 is 0 Å². The van der Waals surface area contributed by atoms with Gasteiger partial charge in [-0.05, 0) is 48.8 Å². The maximum atomic E-state index is 14.3. The van der Waals surface area contributed by atoms with Crippen LogP contribution in [0, 0.1) is 5.92 Å². The maximum Gasteiger partial charge on any atom is 0.407 e. The Labute approximate surface area is 206 Å². The van der Waals surface area contributed by atoms with Crippen LogP contribution in [-0.2, 0) is 23.3 Å². The van der Waals surface area contributed by atoms with Gasteiger partial charge < -0.3 is 19.5 Å². The molecule has 1 aromatic heterocycles. The van der Waals surface area contributed by atoms with Crippen LogP contribution in [0.4, 0.5) is 9.18 Å². The Morgan fingerprint density at radius 1 is 1.26 bits per heavy atom. The van der Waals surface area contributed by atoms with Crippen LogP contribution in [-0.4, -0.2) is 71.9 Å². The fourth-order valence-electron chi connectivity index (χ4n) is 5.13. The quantitative estimate of drug-likeness (QED) is 0.405. The number of ether oxygens (including phenoxy) is 2. The Hall–Kier alpha value is -2.17. The third kappa shape index (κ3) is 5.81. The number of piperidine rings is 1. The highest BCUT2D eigenvalue weighted by Gasteiger charge is 2.36. The lowest BCUT2D eigenvalue weighted by Gasteiger charge is -2.38. The fourth-order valence-corrected chi connectivity index (χ4v) is 5.89. The average Bonchev–Trinajstić information content (AvgIpc) is 3.00. The van der Waals surface area contributed by atoms with Gasteiger partial charge in [-0.25, -0.2) is 14.0 Å². The minimum Gasteiger partial charge on any atom is -0.465 e. The molecule has 0 unspecified atom stereocenters. The average molecular weight is 508 g/mol. The van der Waals surface area contributed by atoms with Crippen LogP contribution in [0.25, 0.3) is 11.0 Å². The van der Waals surface area contributed by atoms with E-state index in [1.165, 1.54) is 0 Å². The van der Waals surface area contributed by atoms with Crippen LogP contribution in [0.15, 0.2) is 23.0 Å². The molecule has 4 rings (SSSR count). The van der Waals surface area contributed by atoms with Gasteiger partial charge in [-0.3, -0.25) is 9.13 Å². The zero-order valence-electron chi connectivity index (χ0n) is 21.2. The molecule has 2 heterocycles. The summed E-state index contributed by atoms with van der Waals surface area (Å²) in [6.07, 6.45) is -0.663. The van der Waals surface area contributed by atoms with E-state index in [4.69, 9.17) is 14.6 Å². The number of benzene rings is 1. The molecule has 0 radical (unpaired) electrons. The summed E-state index contributed by atoms with van der Waals surface area (Å²) in [6, 6.07) is 7.14. The third-order valence-corrected chi connectivity index (χ3v) is 9.08. The van der Waals surface area contributed by atoms with Crippen LogP contribution in [0.5, 0.6) is 0 Å². The molecule has 1 aromatic carbocycles. The van der Waals surface area contributed by atoms with Crippen molar-refractivity contribution < 1.29 is 23.8 Å².